The molecule has 2 aromatic heterocycles. The Bertz CT molecular complexity index is 2220. The van der Waals surface area contributed by atoms with Gasteiger partial charge in [0.15, 0.2) is 5.82 Å². The third-order valence-corrected chi connectivity index (χ3v) is 7.96. The summed E-state index contributed by atoms with van der Waals surface area (Å²) in [5.74, 6) is 0.700. The molecule has 0 atom stereocenters. The van der Waals surface area contributed by atoms with E-state index in [1.165, 1.54) is 32.3 Å². The molecule has 3 nitrogen and oxygen atoms in total. The highest BCUT2D eigenvalue weighted by molar-refractivity contribution is 6.19. The highest BCUT2D eigenvalue weighted by Crippen LogP contribution is 2.40. The van der Waals surface area contributed by atoms with Gasteiger partial charge in [-0.1, -0.05) is 121 Å². The fourth-order valence-corrected chi connectivity index (χ4v) is 5.90. The molecule has 6 aromatic carbocycles. The lowest BCUT2D eigenvalue weighted by molar-refractivity contribution is 1.19. The van der Waals surface area contributed by atoms with Gasteiger partial charge in [-0.3, -0.25) is 4.98 Å². The summed E-state index contributed by atoms with van der Waals surface area (Å²) >= 11 is 0. The topological polar surface area (TPSA) is 38.7 Å². The number of benzene rings is 6. The standard InChI is InChI=1S/C39H25N3/c1-2-10-28(11-3-1)36-24-37(42-39(41-36)29-18-16-26(17-19-29)31-13-8-22-40-25-31)38-33-15-7-5-12-30(33)23-35-32-14-6-4-9-27(32)20-21-34(35)38/h1-25H. The van der Waals surface area contributed by atoms with Crippen molar-refractivity contribution in [2.45, 2.75) is 0 Å². The van der Waals surface area contributed by atoms with Crippen LogP contribution >= 0.6 is 0 Å². The monoisotopic (exact) mass is 535 g/mol. The summed E-state index contributed by atoms with van der Waals surface area (Å²) in [6, 6.07) is 48.9. The Balaban J connectivity index is 1.40. The van der Waals surface area contributed by atoms with Crippen LogP contribution in [0.5, 0.6) is 0 Å². The van der Waals surface area contributed by atoms with E-state index >= 15 is 0 Å². The highest BCUT2D eigenvalue weighted by Gasteiger charge is 2.17. The van der Waals surface area contributed by atoms with Crippen LogP contribution in [0.3, 0.4) is 0 Å². The molecule has 0 saturated carbocycles. The minimum Gasteiger partial charge on any atom is -0.264 e. The first-order valence-corrected chi connectivity index (χ1v) is 14.1. The number of fused-ring (bicyclic) bond motifs is 4. The zero-order chi connectivity index (χ0) is 27.9. The normalized spacial score (nSPS) is 11.3. The molecule has 0 aliphatic carbocycles. The molecule has 42 heavy (non-hydrogen) atoms. The van der Waals surface area contributed by atoms with Crippen LogP contribution in [0.1, 0.15) is 0 Å². The maximum absolute atomic E-state index is 5.26. The summed E-state index contributed by atoms with van der Waals surface area (Å²) in [7, 11) is 0. The van der Waals surface area contributed by atoms with E-state index in [1.807, 2.05) is 18.3 Å². The van der Waals surface area contributed by atoms with E-state index in [2.05, 4.69) is 132 Å². The molecule has 0 unspecified atom stereocenters. The summed E-state index contributed by atoms with van der Waals surface area (Å²) in [6.45, 7) is 0. The van der Waals surface area contributed by atoms with Crippen molar-refractivity contribution < 1.29 is 0 Å². The minimum atomic E-state index is 0.700. The van der Waals surface area contributed by atoms with Crippen LogP contribution in [0.2, 0.25) is 0 Å². The molecule has 0 aliphatic rings. The summed E-state index contributed by atoms with van der Waals surface area (Å²) in [6.07, 6.45) is 3.68. The number of pyridine rings is 1. The van der Waals surface area contributed by atoms with Crippen LogP contribution in [0.15, 0.2) is 152 Å². The Kier molecular flexibility index (Phi) is 5.79. The second-order valence-electron chi connectivity index (χ2n) is 10.5. The van der Waals surface area contributed by atoms with Crippen molar-refractivity contribution >= 4 is 32.3 Å². The Hall–Kier alpha value is -5.67. The van der Waals surface area contributed by atoms with Gasteiger partial charge in [0.25, 0.3) is 0 Å². The van der Waals surface area contributed by atoms with Crippen LogP contribution in [-0.4, -0.2) is 15.0 Å². The van der Waals surface area contributed by atoms with Crippen LogP contribution < -0.4 is 0 Å². The molecule has 0 N–H and O–H groups in total. The predicted octanol–water partition coefficient (Wildman–Crippen LogP) is 10.00. The van der Waals surface area contributed by atoms with Crippen molar-refractivity contribution in [3.05, 3.63) is 152 Å². The number of aromatic nitrogens is 3. The van der Waals surface area contributed by atoms with Crippen LogP contribution in [-0.2, 0) is 0 Å². The number of rotatable bonds is 4. The van der Waals surface area contributed by atoms with E-state index in [4.69, 9.17) is 9.97 Å². The van der Waals surface area contributed by atoms with Gasteiger partial charge in [0.1, 0.15) is 0 Å². The van der Waals surface area contributed by atoms with E-state index in [1.54, 1.807) is 6.20 Å². The lowest BCUT2D eigenvalue weighted by Crippen LogP contribution is -1.97. The molecule has 0 bridgehead atoms. The molecule has 0 aliphatic heterocycles. The lowest BCUT2D eigenvalue weighted by atomic mass is 9.91. The van der Waals surface area contributed by atoms with Gasteiger partial charge in [0, 0.05) is 29.1 Å². The Morgan fingerprint density at radius 1 is 0.381 bits per heavy atom. The van der Waals surface area contributed by atoms with Gasteiger partial charge in [-0.05, 0) is 61.6 Å². The molecule has 0 amide bonds. The maximum Gasteiger partial charge on any atom is 0.160 e. The molecule has 0 spiro atoms. The SMILES string of the molecule is c1ccc(-c2cc(-c3c4ccccc4cc4c3ccc3ccccc34)nc(-c3ccc(-c4cccnc4)cc3)n2)cc1. The van der Waals surface area contributed by atoms with Crippen molar-refractivity contribution in [1.29, 1.82) is 0 Å². The van der Waals surface area contributed by atoms with Gasteiger partial charge in [0.2, 0.25) is 0 Å². The third-order valence-electron chi connectivity index (χ3n) is 7.96. The molecule has 8 rings (SSSR count). The summed E-state index contributed by atoms with van der Waals surface area (Å²) in [5, 5.41) is 7.25. The molecule has 3 heteroatoms. The first kappa shape index (κ1) is 24.2. The summed E-state index contributed by atoms with van der Waals surface area (Å²) in [4.78, 5) is 14.6. The van der Waals surface area contributed by atoms with E-state index in [9.17, 15) is 0 Å². The summed E-state index contributed by atoms with van der Waals surface area (Å²) in [5.41, 5.74) is 7.15. The van der Waals surface area contributed by atoms with Crippen molar-refractivity contribution in [2.75, 3.05) is 0 Å². The smallest absolute Gasteiger partial charge is 0.160 e. The largest absolute Gasteiger partial charge is 0.264 e. The van der Waals surface area contributed by atoms with E-state index in [0.29, 0.717) is 5.82 Å². The van der Waals surface area contributed by atoms with E-state index in [0.717, 1.165) is 39.2 Å². The van der Waals surface area contributed by atoms with Crippen LogP contribution in [0.4, 0.5) is 0 Å². The second kappa shape index (κ2) is 10.1. The minimum absolute atomic E-state index is 0.700. The molecule has 0 radical (unpaired) electrons. The van der Waals surface area contributed by atoms with Crippen LogP contribution in [0, 0.1) is 0 Å². The van der Waals surface area contributed by atoms with Gasteiger partial charge in [-0.15, -0.1) is 0 Å². The molecule has 2 heterocycles. The molecule has 0 fully saturated rings. The van der Waals surface area contributed by atoms with Gasteiger partial charge < -0.3 is 0 Å². The molecule has 196 valence electrons. The fraction of sp³-hybridized carbons (Fsp3) is 0. The molecular formula is C39H25N3. The van der Waals surface area contributed by atoms with Crippen LogP contribution in [0.25, 0.3) is 77.3 Å². The zero-order valence-electron chi connectivity index (χ0n) is 22.8. The van der Waals surface area contributed by atoms with Crippen molar-refractivity contribution in [2.24, 2.45) is 0 Å². The van der Waals surface area contributed by atoms with E-state index in [-0.39, 0.29) is 0 Å². The van der Waals surface area contributed by atoms with Gasteiger partial charge >= 0.3 is 0 Å². The predicted molar refractivity (Wildman–Crippen MR) is 174 cm³/mol. The lowest BCUT2D eigenvalue weighted by Gasteiger charge is -2.15. The fourth-order valence-electron chi connectivity index (χ4n) is 5.90. The Morgan fingerprint density at radius 2 is 1.07 bits per heavy atom. The van der Waals surface area contributed by atoms with E-state index < -0.39 is 0 Å². The number of nitrogens with zero attached hydrogens (tertiary/aromatic N) is 3. The third kappa shape index (κ3) is 4.20. The number of hydrogen-bond donors (Lipinski definition) is 0. The number of hydrogen-bond acceptors (Lipinski definition) is 3. The Morgan fingerprint density at radius 3 is 1.88 bits per heavy atom. The molecular weight excluding hydrogens is 510 g/mol. The van der Waals surface area contributed by atoms with Crippen molar-refractivity contribution in [1.82, 2.24) is 15.0 Å². The zero-order valence-corrected chi connectivity index (χ0v) is 22.8. The van der Waals surface area contributed by atoms with Gasteiger partial charge in [-0.25, -0.2) is 9.97 Å². The quantitative estimate of drug-likeness (QED) is 0.166. The van der Waals surface area contributed by atoms with Gasteiger partial charge in [0.05, 0.1) is 11.4 Å². The van der Waals surface area contributed by atoms with Gasteiger partial charge in [-0.2, -0.15) is 0 Å². The van der Waals surface area contributed by atoms with Crippen molar-refractivity contribution in [3.8, 4) is 45.0 Å². The highest BCUT2D eigenvalue weighted by atomic mass is 14.9. The molecule has 0 saturated heterocycles. The Labute approximate surface area is 243 Å². The van der Waals surface area contributed by atoms with Crippen molar-refractivity contribution in [3.63, 3.8) is 0 Å². The summed E-state index contributed by atoms with van der Waals surface area (Å²) < 4.78 is 0. The second-order valence-corrected chi connectivity index (χ2v) is 10.5. The first-order chi connectivity index (χ1) is 20.8. The first-order valence-electron chi connectivity index (χ1n) is 14.1. The molecule has 8 aromatic rings. The average molecular weight is 536 g/mol. The maximum atomic E-state index is 5.26. The average Bonchev–Trinajstić information content (AvgIpc) is 3.08.